The first-order chi connectivity index (χ1) is 17.0. The molecule has 2 aliphatic heterocycles. The van der Waals surface area contributed by atoms with E-state index in [2.05, 4.69) is 0 Å². The maximum atomic E-state index is 12.2. The van der Waals surface area contributed by atoms with Gasteiger partial charge < -0.3 is 28.4 Å². The number of ether oxygens (including phenoxy) is 6. The summed E-state index contributed by atoms with van der Waals surface area (Å²) in [7, 11) is 0. The summed E-state index contributed by atoms with van der Waals surface area (Å²) in [5.41, 5.74) is -2.76. The van der Waals surface area contributed by atoms with Crippen LogP contribution in [0.3, 0.4) is 0 Å². The van der Waals surface area contributed by atoms with Crippen molar-refractivity contribution in [2.45, 2.75) is 90.1 Å². The molecule has 14 nitrogen and oxygen atoms in total. The first-order valence-electron chi connectivity index (χ1n) is 11.4. The van der Waals surface area contributed by atoms with E-state index in [0.717, 1.165) is 34.6 Å². The second-order valence-corrected chi connectivity index (χ2v) is 9.23. The van der Waals surface area contributed by atoms with Gasteiger partial charge in [-0.25, -0.2) is 0 Å². The third kappa shape index (κ3) is 6.81. The number of carbonyl (C=O) groups excluding carboxylic acids is 5. The molecule has 0 aromatic carbocycles. The van der Waals surface area contributed by atoms with Crippen molar-refractivity contribution in [2.75, 3.05) is 6.61 Å². The van der Waals surface area contributed by atoms with Crippen LogP contribution in [0.15, 0.2) is 12.2 Å². The number of hydrogen-bond donors (Lipinski definition) is 0. The summed E-state index contributed by atoms with van der Waals surface area (Å²) in [5, 5.41) is 12.2. The topological polar surface area (TPSA) is 184 Å². The normalized spacial score (nSPS) is 28.8. The molecule has 2 aliphatic rings. The minimum atomic E-state index is -1.74. The fraction of sp³-hybridized carbons (Fsp3) is 0.696. The minimum absolute atomic E-state index is 0.593. The van der Waals surface area contributed by atoms with Gasteiger partial charge in [-0.3, -0.25) is 34.1 Å². The molecule has 0 unspecified atom stereocenters. The highest BCUT2D eigenvalue weighted by atomic mass is 16.7. The molecule has 0 saturated carbocycles. The van der Waals surface area contributed by atoms with Crippen LogP contribution < -0.4 is 0 Å². The molecule has 0 N–H and O–H groups in total. The van der Waals surface area contributed by atoms with E-state index in [9.17, 15) is 34.1 Å². The average molecular weight is 529 g/mol. The van der Waals surface area contributed by atoms with Gasteiger partial charge in [0.15, 0.2) is 30.0 Å². The monoisotopic (exact) mass is 529 g/mol. The lowest BCUT2D eigenvalue weighted by atomic mass is 9.71. The molecule has 0 aromatic rings. The van der Waals surface area contributed by atoms with Crippen LogP contribution >= 0.6 is 0 Å². The SMILES string of the molecule is CC(=O)OC[C@@H](OC(C)=O)[C@@H](OC(C)=O)[C@H](OC(C)=O)[C@H](OC(C)=O)[C@@H]1[C@@H]([N+](=O)[O-])[C@]2(C)C=C[C@@]1(C)O2. The molecular weight excluding hydrogens is 498 g/mol. The van der Waals surface area contributed by atoms with Gasteiger partial charge in [-0.05, 0) is 19.9 Å². The van der Waals surface area contributed by atoms with Crippen molar-refractivity contribution in [1.82, 2.24) is 0 Å². The van der Waals surface area contributed by atoms with Crippen molar-refractivity contribution in [3.63, 3.8) is 0 Å². The van der Waals surface area contributed by atoms with Crippen LogP contribution in [0.1, 0.15) is 48.5 Å². The molecule has 0 amide bonds. The Balaban J connectivity index is 2.72. The van der Waals surface area contributed by atoms with Crippen LogP contribution in [0.25, 0.3) is 0 Å². The molecule has 0 aliphatic carbocycles. The van der Waals surface area contributed by atoms with Crippen LogP contribution in [0.2, 0.25) is 0 Å². The molecule has 0 aromatic heterocycles. The zero-order valence-corrected chi connectivity index (χ0v) is 21.6. The van der Waals surface area contributed by atoms with E-state index in [-0.39, 0.29) is 0 Å². The first-order valence-corrected chi connectivity index (χ1v) is 11.4. The highest BCUT2D eigenvalue weighted by Gasteiger charge is 2.71. The van der Waals surface area contributed by atoms with Gasteiger partial charge in [-0.15, -0.1) is 0 Å². The summed E-state index contributed by atoms with van der Waals surface area (Å²) < 4.78 is 32.5. The molecule has 2 rings (SSSR count). The van der Waals surface area contributed by atoms with E-state index in [4.69, 9.17) is 28.4 Å². The largest absolute Gasteiger partial charge is 0.462 e. The molecule has 14 heteroatoms. The van der Waals surface area contributed by atoms with Gasteiger partial charge in [0.1, 0.15) is 12.5 Å². The predicted molar refractivity (Wildman–Crippen MR) is 120 cm³/mol. The third-order valence-electron chi connectivity index (χ3n) is 6.04. The predicted octanol–water partition coefficient (Wildman–Crippen LogP) is 0.655. The molecule has 206 valence electrons. The quantitative estimate of drug-likeness (QED) is 0.120. The van der Waals surface area contributed by atoms with Crippen LogP contribution in [0.5, 0.6) is 0 Å². The summed E-state index contributed by atoms with van der Waals surface area (Å²) in [6.07, 6.45) is -3.53. The van der Waals surface area contributed by atoms with E-state index < -0.39 is 89.0 Å². The van der Waals surface area contributed by atoms with Crippen LogP contribution in [-0.4, -0.2) is 83.0 Å². The third-order valence-corrected chi connectivity index (χ3v) is 6.04. The van der Waals surface area contributed by atoms with Gasteiger partial charge >= 0.3 is 29.8 Å². The van der Waals surface area contributed by atoms with Crippen molar-refractivity contribution in [1.29, 1.82) is 0 Å². The number of esters is 5. The summed E-state index contributed by atoms with van der Waals surface area (Å²) in [6.45, 7) is 7.57. The van der Waals surface area contributed by atoms with E-state index in [1.807, 2.05) is 0 Å². The van der Waals surface area contributed by atoms with Crippen molar-refractivity contribution < 1.29 is 57.3 Å². The molecule has 0 spiro atoms. The van der Waals surface area contributed by atoms with Gasteiger partial charge in [-0.1, -0.05) is 6.08 Å². The highest BCUT2D eigenvalue weighted by Crippen LogP contribution is 2.53. The van der Waals surface area contributed by atoms with Gasteiger partial charge in [0.25, 0.3) is 6.04 Å². The second-order valence-electron chi connectivity index (χ2n) is 9.23. The number of rotatable bonds is 11. The number of fused-ring (bicyclic) bond motifs is 2. The highest BCUT2D eigenvalue weighted by molar-refractivity contribution is 5.69. The second kappa shape index (κ2) is 11.2. The Bertz CT molecular complexity index is 993. The summed E-state index contributed by atoms with van der Waals surface area (Å²) in [4.78, 5) is 71.5. The Morgan fingerprint density at radius 3 is 1.76 bits per heavy atom. The molecule has 8 atom stereocenters. The van der Waals surface area contributed by atoms with Gasteiger partial charge in [0.2, 0.25) is 0 Å². The van der Waals surface area contributed by atoms with E-state index in [1.165, 1.54) is 19.9 Å². The molecule has 0 radical (unpaired) electrons. The fourth-order valence-electron chi connectivity index (χ4n) is 4.93. The maximum Gasteiger partial charge on any atom is 0.303 e. The minimum Gasteiger partial charge on any atom is -0.462 e. The van der Waals surface area contributed by atoms with E-state index in [0.29, 0.717) is 0 Å². The number of nitrogens with zero attached hydrogens (tertiary/aromatic N) is 1. The number of nitro groups is 1. The Morgan fingerprint density at radius 2 is 1.30 bits per heavy atom. The molecule has 37 heavy (non-hydrogen) atoms. The zero-order chi connectivity index (χ0) is 28.3. The summed E-state index contributed by atoms with van der Waals surface area (Å²) in [6, 6.07) is -1.48. The lowest BCUT2D eigenvalue weighted by molar-refractivity contribution is -0.543. The smallest absolute Gasteiger partial charge is 0.303 e. The number of carbonyl (C=O) groups is 5. The van der Waals surface area contributed by atoms with E-state index >= 15 is 0 Å². The molecular formula is C23H31NO13. The maximum absolute atomic E-state index is 12.2. The lowest BCUT2D eigenvalue weighted by Gasteiger charge is -2.40. The van der Waals surface area contributed by atoms with Crippen molar-refractivity contribution in [3.8, 4) is 0 Å². The van der Waals surface area contributed by atoms with Crippen LogP contribution in [0.4, 0.5) is 0 Å². The summed E-state index contributed by atoms with van der Waals surface area (Å²) >= 11 is 0. The van der Waals surface area contributed by atoms with Gasteiger partial charge in [0.05, 0.1) is 5.60 Å². The lowest BCUT2D eigenvalue weighted by Crippen LogP contribution is -2.60. The fourth-order valence-corrected chi connectivity index (χ4v) is 4.93. The molecule has 2 bridgehead atoms. The molecule has 1 fully saturated rings. The van der Waals surface area contributed by atoms with Gasteiger partial charge in [-0.2, -0.15) is 0 Å². The average Bonchev–Trinajstić information content (AvgIpc) is 3.17. The Labute approximate surface area is 212 Å². The van der Waals surface area contributed by atoms with Crippen molar-refractivity contribution in [2.24, 2.45) is 5.92 Å². The number of hydrogen-bond acceptors (Lipinski definition) is 13. The standard InChI is InChI=1S/C23H31NO13/c1-11(25)32-10-16(33-12(2)26)18(34-13(3)27)20(36-15(5)29)19(35-14(4)28)17-21(24(30)31)23(7)9-8-22(17,6)37-23/h8-9,16-21H,10H2,1-7H3/t16-,17-,18-,19-,20+,21-,22-,23+/m1/s1. The first kappa shape index (κ1) is 29.7. The van der Waals surface area contributed by atoms with E-state index in [1.54, 1.807) is 6.08 Å². The summed E-state index contributed by atoms with van der Waals surface area (Å²) in [5.74, 6) is -5.63. The van der Waals surface area contributed by atoms with Crippen molar-refractivity contribution >= 4 is 29.8 Å². The molecule has 1 saturated heterocycles. The molecule has 2 heterocycles. The Hall–Kier alpha value is -3.55. The Morgan fingerprint density at radius 1 is 0.811 bits per heavy atom. The zero-order valence-electron chi connectivity index (χ0n) is 21.6. The van der Waals surface area contributed by atoms with Crippen molar-refractivity contribution in [3.05, 3.63) is 22.3 Å². The van der Waals surface area contributed by atoms with Gasteiger partial charge in [0, 0.05) is 39.5 Å². The Kier molecular flexibility index (Phi) is 9.01. The van der Waals surface area contributed by atoms with Crippen LogP contribution in [-0.2, 0) is 52.4 Å². The van der Waals surface area contributed by atoms with Crippen LogP contribution in [0, 0.1) is 16.0 Å².